The first-order chi connectivity index (χ1) is 13.0. The van der Waals surface area contributed by atoms with Crippen molar-refractivity contribution in [3.8, 4) is 0 Å². The highest BCUT2D eigenvalue weighted by Gasteiger charge is 2.25. The third-order valence-electron chi connectivity index (χ3n) is 4.30. The van der Waals surface area contributed by atoms with E-state index in [1.807, 2.05) is 0 Å². The lowest BCUT2D eigenvalue weighted by atomic mass is 10.2. The van der Waals surface area contributed by atoms with Gasteiger partial charge >= 0.3 is 0 Å². The van der Waals surface area contributed by atoms with Gasteiger partial charge in [0.2, 0.25) is 19.7 Å². The van der Waals surface area contributed by atoms with Crippen LogP contribution in [0.15, 0.2) is 80.2 Å². The van der Waals surface area contributed by atoms with Crippen molar-refractivity contribution in [1.82, 2.24) is 0 Å². The number of aryl methyl sites for hydroxylation is 2. The van der Waals surface area contributed by atoms with Gasteiger partial charge in [-0.1, -0.05) is 23.2 Å². The molecule has 0 aliphatic heterocycles. The lowest BCUT2D eigenvalue weighted by molar-refractivity contribution is 0.591. The van der Waals surface area contributed by atoms with Gasteiger partial charge in [0.15, 0.2) is 0 Å². The number of rotatable bonds is 4. The summed E-state index contributed by atoms with van der Waals surface area (Å²) in [6.45, 7) is 3.15. The minimum absolute atomic E-state index is 0.0578. The quantitative estimate of drug-likeness (QED) is 0.537. The van der Waals surface area contributed by atoms with E-state index in [0.29, 0.717) is 21.2 Å². The molecule has 3 rings (SSSR count). The standard InChI is InChI=1S/C20H16Cl2O4S2/c1-13-11-20(28(25,26)18-9-5-16(22)6-10-18)14(2)12-19(13)27(23,24)17-7-3-15(21)4-8-17/h3-12H,1-2H3. The van der Waals surface area contributed by atoms with E-state index in [-0.39, 0.29) is 19.6 Å². The summed E-state index contributed by atoms with van der Waals surface area (Å²) in [4.78, 5) is 0.296. The predicted octanol–water partition coefficient (Wildman–Crippen LogP) is 5.28. The maximum Gasteiger partial charge on any atom is 0.206 e. The minimum atomic E-state index is -3.81. The molecule has 0 bridgehead atoms. The van der Waals surface area contributed by atoms with Gasteiger partial charge in [0.25, 0.3) is 0 Å². The van der Waals surface area contributed by atoms with Gasteiger partial charge in [-0.2, -0.15) is 0 Å². The maximum absolute atomic E-state index is 13.0. The van der Waals surface area contributed by atoms with Crippen molar-refractivity contribution in [3.63, 3.8) is 0 Å². The van der Waals surface area contributed by atoms with E-state index < -0.39 is 19.7 Å². The van der Waals surface area contributed by atoms with E-state index in [1.54, 1.807) is 13.8 Å². The van der Waals surface area contributed by atoms with Gasteiger partial charge in [0.05, 0.1) is 19.6 Å². The number of hydrogen-bond donors (Lipinski definition) is 0. The van der Waals surface area contributed by atoms with Gasteiger partial charge in [-0.3, -0.25) is 0 Å². The lowest BCUT2D eigenvalue weighted by Crippen LogP contribution is -2.09. The topological polar surface area (TPSA) is 68.3 Å². The largest absolute Gasteiger partial charge is 0.219 e. The molecular formula is C20H16Cl2O4S2. The summed E-state index contributed by atoms with van der Waals surface area (Å²) < 4.78 is 51.9. The minimum Gasteiger partial charge on any atom is -0.219 e. The predicted molar refractivity (Wildman–Crippen MR) is 110 cm³/mol. The monoisotopic (exact) mass is 454 g/mol. The molecule has 0 saturated carbocycles. The van der Waals surface area contributed by atoms with Crippen molar-refractivity contribution < 1.29 is 16.8 Å². The van der Waals surface area contributed by atoms with Crippen molar-refractivity contribution >= 4 is 42.9 Å². The molecule has 28 heavy (non-hydrogen) atoms. The van der Waals surface area contributed by atoms with Crippen molar-refractivity contribution in [2.45, 2.75) is 33.4 Å². The average molecular weight is 455 g/mol. The summed E-state index contributed by atoms with van der Waals surface area (Å²) in [6.07, 6.45) is 0. The first-order valence-electron chi connectivity index (χ1n) is 8.16. The first-order valence-corrected chi connectivity index (χ1v) is 11.9. The summed E-state index contributed by atoms with van der Waals surface area (Å²) in [6, 6.07) is 14.5. The first kappa shape index (κ1) is 20.9. The van der Waals surface area contributed by atoms with Crippen LogP contribution in [-0.2, 0) is 19.7 Å². The van der Waals surface area contributed by atoms with Crippen LogP contribution < -0.4 is 0 Å². The fraction of sp³-hybridized carbons (Fsp3) is 0.100. The summed E-state index contributed by atoms with van der Waals surface area (Å²) in [5, 5.41) is 0.854. The van der Waals surface area contributed by atoms with Crippen LogP contribution in [0.3, 0.4) is 0 Å². The Bertz CT molecular complexity index is 1150. The molecule has 0 atom stereocenters. The van der Waals surface area contributed by atoms with Crippen LogP contribution >= 0.6 is 23.2 Å². The molecule has 0 aliphatic rings. The third kappa shape index (κ3) is 3.82. The molecule has 4 nitrogen and oxygen atoms in total. The van der Waals surface area contributed by atoms with Crippen LogP contribution in [0.2, 0.25) is 10.0 Å². The molecule has 0 spiro atoms. The van der Waals surface area contributed by atoms with Gasteiger partial charge in [-0.15, -0.1) is 0 Å². The smallest absolute Gasteiger partial charge is 0.206 e. The van der Waals surface area contributed by atoms with Crippen LogP contribution in [0.5, 0.6) is 0 Å². The molecule has 8 heteroatoms. The number of sulfone groups is 2. The molecular weight excluding hydrogens is 439 g/mol. The zero-order chi connectivity index (χ0) is 20.7. The van der Waals surface area contributed by atoms with E-state index in [9.17, 15) is 16.8 Å². The molecule has 0 radical (unpaired) electrons. The molecule has 0 unspecified atom stereocenters. The molecule has 0 N–H and O–H groups in total. The normalized spacial score (nSPS) is 12.1. The number of benzene rings is 3. The number of hydrogen-bond acceptors (Lipinski definition) is 4. The van der Waals surface area contributed by atoms with Crippen molar-refractivity contribution in [3.05, 3.63) is 81.8 Å². The van der Waals surface area contributed by atoms with Crippen molar-refractivity contribution in [2.75, 3.05) is 0 Å². The van der Waals surface area contributed by atoms with Crippen molar-refractivity contribution in [2.24, 2.45) is 0 Å². The third-order valence-corrected chi connectivity index (χ3v) is 8.63. The Morgan fingerprint density at radius 1 is 0.571 bits per heavy atom. The highest BCUT2D eigenvalue weighted by Crippen LogP contribution is 2.31. The van der Waals surface area contributed by atoms with E-state index in [1.165, 1.54) is 60.7 Å². The summed E-state index contributed by atoms with van der Waals surface area (Å²) in [5.74, 6) is 0. The molecule has 3 aromatic carbocycles. The zero-order valence-electron chi connectivity index (χ0n) is 15.0. The van der Waals surface area contributed by atoms with Crippen LogP contribution in [0.1, 0.15) is 11.1 Å². The van der Waals surface area contributed by atoms with Crippen LogP contribution in [-0.4, -0.2) is 16.8 Å². The second-order valence-corrected chi connectivity index (χ2v) is 11.0. The lowest BCUT2D eigenvalue weighted by Gasteiger charge is -2.14. The van der Waals surface area contributed by atoms with Gasteiger partial charge in [0.1, 0.15) is 0 Å². The van der Waals surface area contributed by atoms with Crippen LogP contribution in [0, 0.1) is 13.8 Å². The molecule has 0 heterocycles. The summed E-state index contributed by atoms with van der Waals surface area (Å²) >= 11 is 11.7. The van der Waals surface area contributed by atoms with Gasteiger partial charge < -0.3 is 0 Å². The van der Waals surface area contributed by atoms with E-state index in [2.05, 4.69) is 0 Å². The van der Waals surface area contributed by atoms with Crippen molar-refractivity contribution in [1.29, 1.82) is 0 Å². The van der Waals surface area contributed by atoms with E-state index in [4.69, 9.17) is 23.2 Å². The van der Waals surface area contributed by atoms with Gasteiger partial charge in [0, 0.05) is 10.0 Å². The number of halogens is 2. The molecule has 0 saturated heterocycles. The Kier molecular flexibility index (Phi) is 5.60. The molecule has 0 amide bonds. The fourth-order valence-corrected chi connectivity index (χ4v) is 6.20. The molecule has 0 aliphatic carbocycles. The maximum atomic E-state index is 13.0. The zero-order valence-corrected chi connectivity index (χ0v) is 18.1. The van der Waals surface area contributed by atoms with Crippen LogP contribution in [0.25, 0.3) is 0 Å². The Morgan fingerprint density at radius 3 is 1.14 bits per heavy atom. The second-order valence-electron chi connectivity index (χ2n) is 6.30. The molecule has 0 fully saturated rings. The summed E-state index contributed by atoms with van der Waals surface area (Å²) in [5.41, 5.74) is 0.682. The Balaban J connectivity index is 2.13. The average Bonchev–Trinajstić information content (AvgIpc) is 2.63. The Labute approximate surface area is 174 Å². The Morgan fingerprint density at radius 2 is 0.857 bits per heavy atom. The molecule has 146 valence electrons. The second kappa shape index (κ2) is 7.52. The van der Waals surface area contributed by atoms with E-state index >= 15 is 0 Å². The highest BCUT2D eigenvalue weighted by molar-refractivity contribution is 7.92. The Hall–Kier alpha value is -1.86. The molecule has 0 aromatic heterocycles. The van der Waals surface area contributed by atoms with Crippen LogP contribution in [0.4, 0.5) is 0 Å². The molecule has 3 aromatic rings. The van der Waals surface area contributed by atoms with E-state index in [0.717, 1.165) is 0 Å². The fourth-order valence-electron chi connectivity index (χ4n) is 2.82. The summed E-state index contributed by atoms with van der Waals surface area (Å²) in [7, 11) is -7.62. The van der Waals surface area contributed by atoms with Gasteiger partial charge in [-0.25, -0.2) is 16.8 Å². The van der Waals surface area contributed by atoms with Gasteiger partial charge in [-0.05, 0) is 85.6 Å². The highest BCUT2D eigenvalue weighted by atomic mass is 35.5. The SMILES string of the molecule is Cc1cc(S(=O)(=O)c2ccc(Cl)cc2)c(C)cc1S(=O)(=O)c1ccc(Cl)cc1.